The minimum atomic E-state index is -3.82. The summed E-state index contributed by atoms with van der Waals surface area (Å²) in [7, 11) is -2.46. The normalized spacial score (nSPS) is 13.3. The predicted molar refractivity (Wildman–Crippen MR) is 67.7 cm³/mol. The Morgan fingerprint density at radius 3 is 2.67 bits per heavy atom. The van der Waals surface area contributed by atoms with Crippen LogP contribution in [0, 0.1) is 11.3 Å². The Balaban J connectivity index is 3.34. The van der Waals surface area contributed by atoms with Crippen molar-refractivity contribution in [2.24, 2.45) is 0 Å². The van der Waals surface area contributed by atoms with Crippen LogP contribution in [0.2, 0.25) is 5.02 Å². The van der Waals surface area contributed by atoms with Crippen molar-refractivity contribution >= 4 is 21.6 Å². The first-order valence-electron chi connectivity index (χ1n) is 5.13. The smallest absolute Gasteiger partial charge is 0.244 e. The first-order chi connectivity index (χ1) is 8.34. The van der Waals surface area contributed by atoms with Crippen LogP contribution in [0.4, 0.5) is 0 Å². The summed E-state index contributed by atoms with van der Waals surface area (Å²) in [6.07, 6.45) is 0. The lowest BCUT2D eigenvalue weighted by molar-refractivity contribution is 0.214. The van der Waals surface area contributed by atoms with Gasteiger partial charge < -0.3 is 5.11 Å². The monoisotopic (exact) mass is 288 g/mol. The van der Waals surface area contributed by atoms with Crippen molar-refractivity contribution in [2.45, 2.75) is 17.9 Å². The van der Waals surface area contributed by atoms with Crippen LogP contribution in [0.15, 0.2) is 23.1 Å². The molecule has 0 saturated heterocycles. The van der Waals surface area contributed by atoms with Gasteiger partial charge in [-0.2, -0.15) is 9.57 Å². The highest BCUT2D eigenvalue weighted by molar-refractivity contribution is 7.89. The Bertz CT molecular complexity index is 580. The predicted octanol–water partition coefficient (Wildman–Crippen LogP) is 1.21. The van der Waals surface area contributed by atoms with Gasteiger partial charge in [-0.05, 0) is 25.1 Å². The fourth-order valence-electron chi connectivity index (χ4n) is 1.32. The van der Waals surface area contributed by atoms with Crippen LogP contribution < -0.4 is 0 Å². The van der Waals surface area contributed by atoms with E-state index in [0.717, 1.165) is 4.31 Å². The van der Waals surface area contributed by atoms with Gasteiger partial charge in [0.15, 0.2) is 0 Å². The topological polar surface area (TPSA) is 81.4 Å². The summed E-state index contributed by atoms with van der Waals surface area (Å²) in [6.45, 7) is 1.27. The highest BCUT2D eigenvalue weighted by Gasteiger charge is 2.27. The molecule has 0 bridgehead atoms. The zero-order valence-corrected chi connectivity index (χ0v) is 11.5. The Kier molecular flexibility index (Phi) is 4.71. The number of aliphatic hydroxyl groups excluding tert-OH is 1. The van der Waals surface area contributed by atoms with Gasteiger partial charge in [0.25, 0.3) is 0 Å². The molecule has 18 heavy (non-hydrogen) atoms. The number of aliphatic hydroxyl groups is 1. The number of nitriles is 1. The van der Waals surface area contributed by atoms with Gasteiger partial charge in [0.05, 0.1) is 12.2 Å². The first-order valence-corrected chi connectivity index (χ1v) is 6.95. The molecule has 1 rings (SSSR count). The highest BCUT2D eigenvalue weighted by Crippen LogP contribution is 2.23. The minimum Gasteiger partial charge on any atom is -0.395 e. The van der Waals surface area contributed by atoms with Gasteiger partial charge in [0.1, 0.15) is 11.0 Å². The van der Waals surface area contributed by atoms with E-state index >= 15 is 0 Å². The summed E-state index contributed by atoms with van der Waals surface area (Å²) in [5.74, 6) is 0. The van der Waals surface area contributed by atoms with Crippen LogP contribution in [0.1, 0.15) is 12.5 Å². The molecule has 0 heterocycles. The average molecular weight is 289 g/mol. The van der Waals surface area contributed by atoms with Crippen molar-refractivity contribution in [1.29, 1.82) is 5.26 Å². The molecule has 5 nitrogen and oxygen atoms in total. The molecule has 1 aromatic rings. The van der Waals surface area contributed by atoms with Crippen molar-refractivity contribution < 1.29 is 13.5 Å². The average Bonchev–Trinajstić information content (AvgIpc) is 2.36. The maximum absolute atomic E-state index is 12.2. The number of likely N-dealkylation sites (N-methyl/N-ethyl adjacent to an activating group) is 1. The van der Waals surface area contributed by atoms with E-state index < -0.39 is 16.1 Å². The third-order valence-electron chi connectivity index (χ3n) is 2.60. The van der Waals surface area contributed by atoms with Gasteiger partial charge >= 0.3 is 0 Å². The molecule has 0 spiro atoms. The zero-order chi connectivity index (χ0) is 13.9. The highest BCUT2D eigenvalue weighted by atomic mass is 35.5. The third-order valence-corrected chi connectivity index (χ3v) is 4.87. The van der Waals surface area contributed by atoms with E-state index in [2.05, 4.69) is 0 Å². The number of hydrogen-bond donors (Lipinski definition) is 1. The zero-order valence-electron chi connectivity index (χ0n) is 9.96. The molecule has 0 aliphatic rings. The molecule has 0 fully saturated rings. The summed E-state index contributed by atoms with van der Waals surface area (Å²) in [6, 6.07) is 5.23. The second kappa shape index (κ2) is 5.67. The Labute approximate surface area is 111 Å². The van der Waals surface area contributed by atoms with Gasteiger partial charge in [0, 0.05) is 18.1 Å². The van der Waals surface area contributed by atoms with Crippen LogP contribution in [-0.2, 0) is 10.0 Å². The number of hydrogen-bond acceptors (Lipinski definition) is 4. The van der Waals surface area contributed by atoms with Crippen molar-refractivity contribution in [3.63, 3.8) is 0 Å². The molecule has 0 aromatic heterocycles. The number of benzene rings is 1. The molecule has 0 amide bonds. The number of nitrogens with zero attached hydrogens (tertiary/aromatic N) is 2. The quantitative estimate of drug-likeness (QED) is 0.903. The van der Waals surface area contributed by atoms with Gasteiger partial charge in [-0.3, -0.25) is 0 Å². The lowest BCUT2D eigenvalue weighted by Crippen LogP contribution is -2.37. The molecule has 98 valence electrons. The molecule has 0 radical (unpaired) electrons. The van der Waals surface area contributed by atoms with E-state index in [0.29, 0.717) is 5.02 Å². The standard InChI is InChI=1S/C11H13ClN2O3S/c1-8(7-15)14(2)18(16,17)11-4-3-10(12)5-9(11)6-13/h3-5,8,15H,7H2,1-2H3. The van der Waals surface area contributed by atoms with Crippen LogP contribution in [0.25, 0.3) is 0 Å². The van der Waals surface area contributed by atoms with Crippen molar-refractivity contribution in [3.05, 3.63) is 28.8 Å². The van der Waals surface area contributed by atoms with Crippen molar-refractivity contribution in [1.82, 2.24) is 4.31 Å². The summed E-state index contributed by atoms with van der Waals surface area (Å²) in [5, 5.41) is 18.2. The minimum absolute atomic E-state index is 0.0144. The summed E-state index contributed by atoms with van der Waals surface area (Å²) >= 11 is 5.72. The molecule has 0 aliphatic heterocycles. The number of sulfonamides is 1. The maximum Gasteiger partial charge on any atom is 0.244 e. The molecule has 1 aromatic carbocycles. The van der Waals surface area contributed by atoms with E-state index in [1.165, 1.54) is 25.2 Å². The fraction of sp³-hybridized carbons (Fsp3) is 0.364. The summed E-state index contributed by atoms with van der Waals surface area (Å²) < 4.78 is 25.5. The molecule has 1 unspecified atom stereocenters. The fourth-order valence-corrected chi connectivity index (χ4v) is 2.97. The van der Waals surface area contributed by atoms with E-state index in [1.807, 2.05) is 0 Å². The largest absolute Gasteiger partial charge is 0.395 e. The maximum atomic E-state index is 12.2. The molecule has 1 N–H and O–H groups in total. The van der Waals surface area contributed by atoms with Gasteiger partial charge in [-0.1, -0.05) is 11.6 Å². The van der Waals surface area contributed by atoms with Crippen molar-refractivity contribution in [2.75, 3.05) is 13.7 Å². The van der Waals surface area contributed by atoms with Gasteiger partial charge in [0.2, 0.25) is 10.0 Å². The summed E-state index contributed by atoms with van der Waals surface area (Å²) in [5.41, 5.74) is -0.0144. The molecule has 0 saturated carbocycles. The van der Waals surface area contributed by atoms with Crippen molar-refractivity contribution in [3.8, 4) is 6.07 Å². The lowest BCUT2D eigenvalue weighted by atomic mass is 10.2. The van der Waals surface area contributed by atoms with Gasteiger partial charge in [-0.15, -0.1) is 0 Å². The van der Waals surface area contributed by atoms with E-state index in [4.69, 9.17) is 22.0 Å². The van der Waals surface area contributed by atoms with Crippen LogP contribution in [0.3, 0.4) is 0 Å². The third kappa shape index (κ3) is 2.82. The van der Waals surface area contributed by atoms with Crippen LogP contribution in [0.5, 0.6) is 0 Å². The molecule has 7 heteroatoms. The second-order valence-corrected chi connectivity index (χ2v) is 6.21. The molecular weight excluding hydrogens is 276 g/mol. The molecule has 0 aliphatic carbocycles. The van der Waals surface area contributed by atoms with Crippen LogP contribution in [-0.4, -0.2) is 37.5 Å². The lowest BCUT2D eigenvalue weighted by Gasteiger charge is -2.23. The SMILES string of the molecule is CC(CO)N(C)S(=O)(=O)c1ccc(Cl)cc1C#N. The Hall–Kier alpha value is -1.13. The number of rotatable bonds is 4. The first kappa shape index (κ1) is 14.9. The van der Waals surface area contributed by atoms with Gasteiger partial charge in [-0.25, -0.2) is 8.42 Å². The number of halogens is 1. The summed E-state index contributed by atoms with van der Waals surface area (Å²) in [4.78, 5) is -0.114. The van der Waals surface area contributed by atoms with E-state index in [-0.39, 0.29) is 17.1 Å². The van der Waals surface area contributed by atoms with E-state index in [9.17, 15) is 8.42 Å². The Morgan fingerprint density at radius 2 is 2.17 bits per heavy atom. The Morgan fingerprint density at radius 1 is 1.56 bits per heavy atom. The second-order valence-electron chi connectivity index (χ2n) is 3.81. The van der Waals surface area contributed by atoms with Crippen LogP contribution >= 0.6 is 11.6 Å². The molecular formula is C11H13ClN2O3S. The molecule has 1 atom stereocenters. The van der Waals surface area contributed by atoms with E-state index in [1.54, 1.807) is 13.0 Å².